The first kappa shape index (κ1) is 13.8. The third-order valence-electron chi connectivity index (χ3n) is 3.45. The molecule has 2 aromatic heterocycles. The number of carbonyl (C=O) groups is 1. The molecule has 0 radical (unpaired) electrons. The molecule has 0 aliphatic carbocycles. The normalized spacial score (nSPS) is 11.1. The van der Waals surface area contributed by atoms with E-state index in [0.29, 0.717) is 23.0 Å². The van der Waals surface area contributed by atoms with Gasteiger partial charge in [-0.2, -0.15) is 0 Å². The minimum atomic E-state index is -1.22. The zero-order chi connectivity index (χ0) is 15.1. The number of hydrogen-bond donors (Lipinski definition) is 1. The Bertz CT molecular complexity index is 947. The number of benzene rings is 1. The molecule has 3 aromatic rings. The van der Waals surface area contributed by atoms with E-state index >= 15 is 0 Å². The monoisotopic (exact) mass is 346 g/mol. The fraction of sp³-hybridized carbons (Fsp3) is 0.133. The standard InChI is InChI=1S/C15H11BrN2O3/c1-2-18-7-10(15(20)21)14(19)9-6-11(16)8-4-3-5-17-12(8)13(9)18/h3-7H,2H2,1H3,(H,20,21). The minimum Gasteiger partial charge on any atom is -0.477 e. The molecule has 0 aliphatic rings. The van der Waals surface area contributed by atoms with E-state index in [1.165, 1.54) is 6.20 Å². The molecule has 6 heteroatoms. The summed E-state index contributed by atoms with van der Waals surface area (Å²) in [7, 11) is 0. The Balaban J connectivity index is 2.64. The molecular weight excluding hydrogens is 336 g/mol. The van der Waals surface area contributed by atoms with E-state index in [-0.39, 0.29) is 5.56 Å². The van der Waals surface area contributed by atoms with Gasteiger partial charge in [0.2, 0.25) is 5.43 Å². The first-order valence-corrected chi connectivity index (χ1v) is 7.17. The highest BCUT2D eigenvalue weighted by atomic mass is 79.9. The predicted molar refractivity (Wildman–Crippen MR) is 83.8 cm³/mol. The van der Waals surface area contributed by atoms with Gasteiger partial charge in [0.1, 0.15) is 5.56 Å². The minimum absolute atomic E-state index is 0.230. The SMILES string of the molecule is CCn1cc(C(=O)O)c(=O)c2cc(Br)c3cccnc3c21. The zero-order valence-electron chi connectivity index (χ0n) is 11.1. The average Bonchev–Trinajstić information content (AvgIpc) is 2.48. The van der Waals surface area contributed by atoms with Gasteiger partial charge in [-0.05, 0) is 19.1 Å². The van der Waals surface area contributed by atoms with Crippen molar-refractivity contribution in [1.82, 2.24) is 9.55 Å². The van der Waals surface area contributed by atoms with E-state index in [9.17, 15) is 14.7 Å². The van der Waals surface area contributed by atoms with E-state index in [2.05, 4.69) is 20.9 Å². The summed E-state index contributed by atoms with van der Waals surface area (Å²) in [6.45, 7) is 2.44. The highest BCUT2D eigenvalue weighted by Gasteiger charge is 2.17. The van der Waals surface area contributed by atoms with Gasteiger partial charge in [0, 0.05) is 34.2 Å². The average molecular weight is 347 g/mol. The van der Waals surface area contributed by atoms with Gasteiger partial charge in [-0.1, -0.05) is 22.0 Å². The van der Waals surface area contributed by atoms with Crippen LogP contribution in [0.5, 0.6) is 0 Å². The number of pyridine rings is 2. The van der Waals surface area contributed by atoms with Gasteiger partial charge in [0.15, 0.2) is 0 Å². The van der Waals surface area contributed by atoms with Crippen molar-refractivity contribution in [3.8, 4) is 0 Å². The highest BCUT2D eigenvalue weighted by Crippen LogP contribution is 2.29. The lowest BCUT2D eigenvalue weighted by Gasteiger charge is -2.13. The van der Waals surface area contributed by atoms with E-state index in [4.69, 9.17) is 0 Å². The number of rotatable bonds is 2. The lowest BCUT2D eigenvalue weighted by Crippen LogP contribution is -2.19. The molecule has 0 fully saturated rings. The second kappa shape index (κ2) is 4.96. The van der Waals surface area contributed by atoms with E-state index < -0.39 is 11.4 Å². The molecule has 2 heterocycles. The third kappa shape index (κ3) is 2.03. The van der Waals surface area contributed by atoms with Crippen LogP contribution in [0.15, 0.2) is 39.9 Å². The lowest BCUT2D eigenvalue weighted by atomic mass is 10.1. The lowest BCUT2D eigenvalue weighted by molar-refractivity contribution is 0.0695. The Labute approximate surface area is 128 Å². The van der Waals surface area contributed by atoms with Gasteiger partial charge >= 0.3 is 5.97 Å². The Morgan fingerprint density at radius 2 is 2.19 bits per heavy atom. The van der Waals surface area contributed by atoms with Gasteiger partial charge in [0.25, 0.3) is 0 Å². The van der Waals surface area contributed by atoms with Crippen LogP contribution >= 0.6 is 15.9 Å². The number of carboxylic acids is 1. The van der Waals surface area contributed by atoms with Crippen LogP contribution in [0.3, 0.4) is 0 Å². The topological polar surface area (TPSA) is 72.2 Å². The first-order chi connectivity index (χ1) is 10.0. The number of halogens is 1. The Morgan fingerprint density at radius 3 is 2.86 bits per heavy atom. The summed E-state index contributed by atoms with van der Waals surface area (Å²) in [5, 5.41) is 10.4. The van der Waals surface area contributed by atoms with Crippen molar-refractivity contribution in [3.63, 3.8) is 0 Å². The maximum atomic E-state index is 12.4. The quantitative estimate of drug-likeness (QED) is 0.724. The smallest absolute Gasteiger partial charge is 0.341 e. The summed E-state index contributed by atoms with van der Waals surface area (Å²) in [6, 6.07) is 5.39. The van der Waals surface area contributed by atoms with Crippen molar-refractivity contribution >= 4 is 43.7 Å². The van der Waals surface area contributed by atoms with E-state index in [0.717, 1.165) is 9.86 Å². The van der Waals surface area contributed by atoms with Crippen LogP contribution in [0.1, 0.15) is 17.3 Å². The number of nitrogens with zero attached hydrogens (tertiary/aromatic N) is 2. The number of hydrogen-bond acceptors (Lipinski definition) is 3. The number of aromatic carboxylic acids is 1. The van der Waals surface area contributed by atoms with E-state index in [1.807, 2.05) is 19.1 Å². The van der Waals surface area contributed by atoms with Gasteiger partial charge < -0.3 is 9.67 Å². The Morgan fingerprint density at radius 1 is 1.43 bits per heavy atom. The Hall–Kier alpha value is -2.21. The fourth-order valence-corrected chi connectivity index (χ4v) is 3.03. The molecule has 0 bridgehead atoms. The predicted octanol–water partition coefficient (Wildman–Crippen LogP) is 3.03. The second-order valence-corrected chi connectivity index (χ2v) is 5.47. The van der Waals surface area contributed by atoms with Crippen LogP contribution in [-0.2, 0) is 6.54 Å². The van der Waals surface area contributed by atoms with E-state index in [1.54, 1.807) is 16.8 Å². The summed E-state index contributed by atoms with van der Waals surface area (Å²) < 4.78 is 2.47. The molecule has 106 valence electrons. The first-order valence-electron chi connectivity index (χ1n) is 6.38. The van der Waals surface area contributed by atoms with Crippen LogP contribution in [0.25, 0.3) is 21.8 Å². The van der Waals surface area contributed by atoms with Gasteiger partial charge in [-0.25, -0.2) is 4.79 Å². The van der Waals surface area contributed by atoms with Gasteiger partial charge in [-0.15, -0.1) is 0 Å². The molecule has 0 saturated heterocycles. The molecule has 0 amide bonds. The zero-order valence-corrected chi connectivity index (χ0v) is 12.7. The summed E-state index contributed by atoms with van der Waals surface area (Å²) in [6.07, 6.45) is 3.04. The molecule has 0 saturated carbocycles. The van der Waals surface area contributed by atoms with Crippen LogP contribution < -0.4 is 5.43 Å². The van der Waals surface area contributed by atoms with Crippen molar-refractivity contribution in [2.45, 2.75) is 13.5 Å². The molecule has 1 aromatic carbocycles. The van der Waals surface area contributed by atoms with Crippen molar-refractivity contribution in [1.29, 1.82) is 0 Å². The maximum absolute atomic E-state index is 12.4. The molecule has 0 atom stereocenters. The molecule has 21 heavy (non-hydrogen) atoms. The molecule has 1 N–H and O–H groups in total. The number of aromatic nitrogens is 2. The highest BCUT2D eigenvalue weighted by molar-refractivity contribution is 9.10. The molecular formula is C15H11BrN2O3. The second-order valence-electron chi connectivity index (χ2n) is 4.62. The van der Waals surface area contributed by atoms with Gasteiger partial charge in [-0.3, -0.25) is 9.78 Å². The van der Waals surface area contributed by atoms with Crippen molar-refractivity contribution in [3.05, 3.63) is 50.9 Å². The largest absolute Gasteiger partial charge is 0.477 e. The van der Waals surface area contributed by atoms with Crippen molar-refractivity contribution in [2.24, 2.45) is 0 Å². The summed E-state index contributed by atoms with van der Waals surface area (Å²) in [4.78, 5) is 28.0. The molecule has 3 rings (SSSR count). The van der Waals surface area contributed by atoms with Crippen LogP contribution in [0.4, 0.5) is 0 Å². The van der Waals surface area contributed by atoms with Crippen molar-refractivity contribution in [2.75, 3.05) is 0 Å². The summed E-state index contributed by atoms with van der Waals surface area (Å²) >= 11 is 3.42. The fourth-order valence-electron chi connectivity index (χ4n) is 2.48. The summed E-state index contributed by atoms with van der Waals surface area (Å²) in [5.74, 6) is -1.22. The van der Waals surface area contributed by atoms with Crippen LogP contribution in [0, 0.1) is 0 Å². The van der Waals surface area contributed by atoms with Crippen LogP contribution in [0.2, 0.25) is 0 Å². The molecule has 5 nitrogen and oxygen atoms in total. The third-order valence-corrected chi connectivity index (χ3v) is 4.10. The Kier molecular flexibility index (Phi) is 3.25. The summed E-state index contributed by atoms with van der Waals surface area (Å²) in [5.41, 5.74) is 0.617. The molecule has 0 spiro atoms. The number of fused-ring (bicyclic) bond motifs is 3. The van der Waals surface area contributed by atoms with Gasteiger partial charge in [0.05, 0.1) is 11.0 Å². The number of aryl methyl sites for hydroxylation is 1. The maximum Gasteiger partial charge on any atom is 0.341 e. The molecule has 0 aliphatic heterocycles. The van der Waals surface area contributed by atoms with Crippen LogP contribution in [-0.4, -0.2) is 20.6 Å². The van der Waals surface area contributed by atoms with Crippen molar-refractivity contribution < 1.29 is 9.90 Å². The molecule has 0 unspecified atom stereocenters. The number of carboxylic acid groups (broad SMARTS) is 1.